The SMILES string of the molecule is CC(C)NC(=S)NC(c1cccs1)C1CCCC1. The highest BCUT2D eigenvalue weighted by Crippen LogP contribution is 2.37. The molecule has 1 aliphatic rings. The first-order chi connectivity index (χ1) is 8.66. The van der Waals surface area contributed by atoms with Gasteiger partial charge in [-0.25, -0.2) is 0 Å². The van der Waals surface area contributed by atoms with Crippen LogP contribution in [0.2, 0.25) is 0 Å². The van der Waals surface area contributed by atoms with Crippen molar-refractivity contribution in [1.82, 2.24) is 10.6 Å². The van der Waals surface area contributed by atoms with E-state index >= 15 is 0 Å². The zero-order valence-corrected chi connectivity index (χ0v) is 12.7. The van der Waals surface area contributed by atoms with Crippen molar-refractivity contribution in [2.45, 2.75) is 51.6 Å². The highest BCUT2D eigenvalue weighted by Gasteiger charge is 2.27. The van der Waals surface area contributed by atoms with Crippen molar-refractivity contribution < 1.29 is 0 Å². The van der Waals surface area contributed by atoms with Gasteiger partial charge in [0.1, 0.15) is 0 Å². The molecule has 2 rings (SSSR count). The van der Waals surface area contributed by atoms with Gasteiger partial charge in [-0.3, -0.25) is 0 Å². The zero-order chi connectivity index (χ0) is 13.0. The van der Waals surface area contributed by atoms with E-state index in [0.29, 0.717) is 12.1 Å². The van der Waals surface area contributed by atoms with Gasteiger partial charge in [-0.2, -0.15) is 0 Å². The van der Waals surface area contributed by atoms with Crippen LogP contribution in [-0.4, -0.2) is 11.2 Å². The first-order valence-corrected chi connectivity index (χ1v) is 8.06. The van der Waals surface area contributed by atoms with Crippen LogP contribution < -0.4 is 10.6 Å². The number of rotatable bonds is 4. The van der Waals surface area contributed by atoms with Gasteiger partial charge in [-0.05, 0) is 56.3 Å². The largest absolute Gasteiger partial charge is 0.361 e. The summed E-state index contributed by atoms with van der Waals surface area (Å²) in [6.07, 6.45) is 5.36. The summed E-state index contributed by atoms with van der Waals surface area (Å²) in [6, 6.07) is 5.13. The van der Waals surface area contributed by atoms with Gasteiger partial charge in [-0.15, -0.1) is 11.3 Å². The van der Waals surface area contributed by atoms with Crippen molar-refractivity contribution in [2.75, 3.05) is 0 Å². The molecule has 1 fully saturated rings. The third-order valence-corrected chi connectivity index (χ3v) is 4.62. The molecule has 0 amide bonds. The lowest BCUT2D eigenvalue weighted by Gasteiger charge is -2.26. The molecule has 0 radical (unpaired) electrons. The highest BCUT2D eigenvalue weighted by molar-refractivity contribution is 7.80. The first-order valence-electron chi connectivity index (χ1n) is 6.77. The Kier molecular flexibility index (Phi) is 5.01. The molecule has 0 aromatic carbocycles. The Morgan fingerprint density at radius 2 is 2.06 bits per heavy atom. The lowest BCUT2D eigenvalue weighted by molar-refractivity contribution is 0.415. The molecule has 2 N–H and O–H groups in total. The molecule has 0 bridgehead atoms. The number of thiophene rings is 1. The minimum absolute atomic E-state index is 0.387. The Hall–Kier alpha value is -0.610. The Bertz CT molecular complexity index is 367. The fourth-order valence-corrected chi connectivity index (χ4v) is 3.86. The Morgan fingerprint density at radius 1 is 1.33 bits per heavy atom. The van der Waals surface area contributed by atoms with E-state index < -0.39 is 0 Å². The number of hydrogen-bond acceptors (Lipinski definition) is 2. The molecule has 18 heavy (non-hydrogen) atoms. The summed E-state index contributed by atoms with van der Waals surface area (Å²) < 4.78 is 0. The van der Waals surface area contributed by atoms with Gasteiger partial charge in [0.05, 0.1) is 6.04 Å². The maximum absolute atomic E-state index is 5.40. The van der Waals surface area contributed by atoms with Crippen molar-refractivity contribution in [3.05, 3.63) is 22.4 Å². The maximum atomic E-state index is 5.40. The van der Waals surface area contributed by atoms with Crippen LogP contribution in [0.3, 0.4) is 0 Å². The number of hydrogen-bond donors (Lipinski definition) is 2. The molecule has 1 aromatic heterocycles. The molecule has 2 nitrogen and oxygen atoms in total. The second-order valence-electron chi connectivity index (χ2n) is 5.31. The van der Waals surface area contributed by atoms with E-state index in [4.69, 9.17) is 12.2 Å². The lowest BCUT2D eigenvalue weighted by atomic mass is 9.97. The Balaban J connectivity index is 2.03. The van der Waals surface area contributed by atoms with Gasteiger partial charge >= 0.3 is 0 Å². The highest BCUT2D eigenvalue weighted by atomic mass is 32.1. The molecule has 1 heterocycles. The fourth-order valence-electron chi connectivity index (χ4n) is 2.63. The predicted octanol–water partition coefficient (Wildman–Crippen LogP) is 3.85. The molecule has 100 valence electrons. The lowest BCUT2D eigenvalue weighted by Crippen LogP contribution is -2.42. The van der Waals surface area contributed by atoms with Crippen LogP contribution in [0.25, 0.3) is 0 Å². The molecule has 0 aliphatic heterocycles. The number of thiocarbonyl (C=S) groups is 1. The van der Waals surface area contributed by atoms with Crippen LogP contribution in [-0.2, 0) is 0 Å². The average Bonchev–Trinajstić information content (AvgIpc) is 2.98. The smallest absolute Gasteiger partial charge is 0.167 e. The van der Waals surface area contributed by atoms with Crippen LogP contribution in [0.5, 0.6) is 0 Å². The molecule has 4 heteroatoms. The standard InChI is InChI=1S/C14H22N2S2/c1-10(2)15-14(17)16-13(11-6-3-4-7-11)12-8-5-9-18-12/h5,8-11,13H,3-4,6-7H2,1-2H3,(H2,15,16,17). The Morgan fingerprint density at radius 3 is 2.61 bits per heavy atom. The predicted molar refractivity (Wildman–Crippen MR) is 83.0 cm³/mol. The van der Waals surface area contributed by atoms with E-state index in [9.17, 15) is 0 Å². The second kappa shape index (κ2) is 6.53. The molecule has 0 spiro atoms. The molecule has 1 aromatic rings. The van der Waals surface area contributed by atoms with Crippen LogP contribution in [0.15, 0.2) is 17.5 Å². The fraction of sp³-hybridized carbons (Fsp3) is 0.643. The molecule has 1 saturated carbocycles. The minimum atomic E-state index is 0.387. The monoisotopic (exact) mass is 282 g/mol. The molecular weight excluding hydrogens is 260 g/mol. The van der Waals surface area contributed by atoms with Crippen LogP contribution in [0.1, 0.15) is 50.4 Å². The summed E-state index contributed by atoms with van der Waals surface area (Å²) in [4.78, 5) is 1.41. The van der Waals surface area contributed by atoms with E-state index in [1.165, 1.54) is 30.6 Å². The summed E-state index contributed by atoms with van der Waals surface area (Å²) in [5.74, 6) is 0.732. The summed E-state index contributed by atoms with van der Waals surface area (Å²) in [5, 5.41) is 9.75. The van der Waals surface area contributed by atoms with Crippen LogP contribution in [0.4, 0.5) is 0 Å². The zero-order valence-electron chi connectivity index (χ0n) is 11.1. The van der Waals surface area contributed by atoms with Crippen molar-refractivity contribution in [2.24, 2.45) is 5.92 Å². The molecule has 1 atom stereocenters. The third kappa shape index (κ3) is 3.69. The van der Waals surface area contributed by atoms with E-state index in [1.54, 1.807) is 0 Å². The van der Waals surface area contributed by atoms with Gasteiger partial charge in [0.25, 0.3) is 0 Å². The minimum Gasteiger partial charge on any atom is -0.361 e. The van der Waals surface area contributed by atoms with Gasteiger partial charge in [-0.1, -0.05) is 18.9 Å². The summed E-state index contributed by atoms with van der Waals surface area (Å²) in [5.41, 5.74) is 0. The maximum Gasteiger partial charge on any atom is 0.167 e. The molecule has 1 unspecified atom stereocenters. The Labute approximate surface area is 119 Å². The summed E-state index contributed by atoms with van der Waals surface area (Å²) in [6.45, 7) is 4.23. The molecule has 1 aliphatic carbocycles. The number of nitrogens with one attached hydrogen (secondary N) is 2. The van der Waals surface area contributed by atoms with Crippen LogP contribution in [0, 0.1) is 5.92 Å². The summed E-state index contributed by atoms with van der Waals surface area (Å²) in [7, 11) is 0. The van der Waals surface area contributed by atoms with Crippen LogP contribution >= 0.6 is 23.6 Å². The van der Waals surface area contributed by atoms with Crippen molar-refractivity contribution >= 4 is 28.7 Å². The normalized spacial score (nSPS) is 17.9. The van der Waals surface area contributed by atoms with Crippen molar-refractivity contribution in [1.29, 1.82) is 0 Å². The topological polar surface area (TPSA) is 24.1 Å². The van der Waals surface area contributed by atoms with E-state index in [0.717, 1.165) is 11.0 Å². The summed E-state index contributed by atoms with van der Waals surface area (Å²) >= 11 is 7.23. The quantitative estimate of drug-likeness (QED) is 0.820. The molecule has 0 saturated heterocycles. The van der Waals surface area contributed by atoms with Crippen molar-refractivity contribution in [3.63, 3.8) is 0 Å². The molecular formula is C14H22N2S2. The van der Waals surface area contributed by atoms with E-state index in [2.05, 4.69) is 42.0 Å². The van der Waals surface area contributed by atoms with Gasteiger partial charge in [0.15, 0.2) is 5.11 Å². The van der Waals surface area contributed by atoms with E-state index in [1.807, 2.05) is 11.3 Å². The van der Waals surface area contributed by atoms with Gasteiger partial charge < -0.3 is 10.6 Å². The van der Waals surface area contributed by atoms with Crippen molar-refractivity contribution in [3.8, 4) is 0 Å². The first kappa shape index (κ1) is 13.8. The van der Waals surface area contributed by atoms with Gasteiger partial charge in [0, 0.05) is 10.9 Å². The average molecular weight is 282 g/mol. The third-order valence-electron chi connectivity index (χ3n) is 3.43. The van der Waals surface area contributed by atoms with Gasteiger partial charge in [0.2, 0.25) is 0 Å². The van der Waals surface area contributed by atoms with E-state index in [-0.39, 0.29) is 0 Å². The second-order valence-corrected chi connectivity index (χ2v) is 6.70.